The number of carbonyl (C=O) groups excluding carboxylic acids is 2. The SMILES string of the molecule is CCOC(=O)c1nnc(N2CC(CBr)CC2=O)s1. The maximum atomic E-state index is 11.8. The van der Waals surface area contributed by atoms with E-state index in [4.69, 9.17) is 4.74 Å². The second-order valence-electron chi connectivity index (χ2n) is 3.84. The molecular weight excluding hydrogens is 322 g/mol. The molecule has 18 heavy (non-hydrogen) atoms. The van der Waals surface area contributed by atoms with Crippen molar-refractivity contribution >= 4 is 44.3 Å². The summed E-state index contributed by atoms with van der Waals surface area (Å²) in [5, 5.41) is 9.05. The maximum Gasteiger partial charge on any atom is 0.369 e. The van der Waals surface area contributed by atoms with Gasteiger partial charge in [-0.1, -0.05) is 27.3 Å². The van der Waals surface area contributed by atoms with Crippen molar-refractivity contribution in [3.63, 3.8) is 0 Å². The van der Waals surface area contributed by atoms with Crippen molar-refractivity contribution in [3.8, 4) is 0 Å². The highest BCUT2D eigenvalue weighted by Crippen LogP contribution is 2.28. The molecule has 0 aromatic carbocycles. The van der Waals surface area contributed by atoms with Gasteiger partial charge < -0.3 is 4.74 Å². The first-order valence-electron chi connectivity index (χ1n) is 5.52. The summed E-state index contributed by atoms with van der Waals surface area (Å²) in [6.07, 6.45) is 0.500. The molecule has 0 spiro atoms. The molecule has 1 amide bonds. The van der Waals surface area contributed by atoms with Crippen LogP contribution in [0.1, 0.15) is 23.1 Å². The highest BCUT2D eigenvalue weighted by atomic mass is 79.9. The summed E-state index contributed by atoms with van der Waals surface area (Å²) in [5.74, 6) is -0.191. The number of hydrogen-bond acceptors (Lipinski definition) is 6. The Bertz CT molecular complexity index is 465. The lowest BCUT2D eigenvalue weighted by molar-refractivity contribution is -0.117. The molecule has 1 aliphatic rings. The van der Waals surface area contributed by atoms with E-state index in [1.807, 2.05) is 0 Å². The Balaban J connectivity index is 2.11. The number of esters is 1. The van der Waals surface area contributed by atoms with Gasteiger partial charge in [0.2, 0.25) is 16.0 Å². The van der Waals surface area contributed by atoms with Gasteiger partial charge in [-0.15, -0.1) is 10.2 Å². The molecule has 1 aromatic heterocycles. The quantitative estimate of drug-likeness (QED) is 0.616. The summed E-state index contributed by atoms with van der Waals surface area (Å²) < 4.78 is 4.83. The van der Waals surface area contributed by atoms with Crippen LogP contribution in [0, 0.1) is 5.92 Å². The second kappa shape index (κ2) is 5.75. The van der Waals surface area contributed by atoms with Gasteiger partial charge in [-0.05, 0) is 12.8 Å². The molecule has 98 valence electrons. The minimum Gasteiger partial charge on any atom is -0.461 e. The number of nitrogens with zero attached hydrogens (tertiary/aromatic N) is 3. The maximum absolute atomic E-state index is 11.8. The molecule has 1 aromatic rings. The van der Waals surface area contributed by atoms with Crippen molar-refractivity contribution in [2.24, 2.45) is 5.92 Å². The summed E-state index contributed by atoms with van der Waals surface area (Å²) in [6, 6.07) is 0. The fraction of sp³-hybridized carbons (Fsp3) is 0.600. The van der Waals surface area contributed by atoms with Crippen LogP contribution in [0.4, 0.5) is 5.13 Å². The Morgan fingerprint density at radius 3 is 3.00 bits per heavy atom. The zero-order chi connectivity index (χ0) is 13.1. The van der Waals surface area contributed by atoms with E-state index in [9.17, 15) is 9.59 Å². The van der Waals surface area contributed by atoms with Crippen LogP contribution < -0.4 is 4.90 Å². The molecule has 1 saturated heterocycles. The van der Waals surface area contributed by atoms with E-state index in [1.54, 1.807) is 11.8 Å². The number of amides is 1. The van der Waals surface area contributed by atoms with Crippen molar-refractivity contribution in [3.05, 3.63) is 5.01 Å². The van der Waals surface area contributed by atoms with Gasteiger partial charge in [-0.2, -0.15) is 0 Å². The lowest BCUT2D eigenvalue weighted by Crippen LogP contribution is -2.24. The molecular formula is C10H12BrN3O3S. The third-order valence-corrected chi connectivity index (χ3v) is 4.36. The van der Waals surface area contributed by atoms with Crippen molar-refractivity contribution < 1.29 is 14.3 Å². The molecule has 1 aliphatic heterocycles. The van der Waals surface area contributed by atoms with Gasteiger partial charge in [0.1, 0.15) is 0 Å². The first-order valence-corrected chi connectivity index (χ1v) is 7.46. The highest BCUT2D eigenvalue weighted by Gasteiger charge is 2.32. The van der Waals surface area contributed by atoms with Crippen LogP contribution in [0.3, 0.4) is 0 Å². The van der Waals surface area contributed by atoms with Crippen LogP contribution >= 0.6 is 27.3 Å². The standard InChI is InChI=1S/C10H12BrN3O3S/c1-2-17-9(16)8-12-13-10(18-8)14-5-6(4-11)3-7(14)15/h6H,2-5H2,1H3. The van der Waals surface area contributed by atoms with Crippen LogP contribution in [-0.2, 0) is 9.53 Å². The van der Waals surface area contributed by atoms with Crippen molar-refractivity contribution in [2.45, 2.75) is 13.3 Å². The fourth-order valence-corrected chi connectivity index (χ4v) is 2.87. The van der Waals surface area contributed by atoms with Gasteiger partial charge in [0, 0.05) is 18.3 Å². The molecule has 6 nitrogen and oxygen atoms in total. The van der Waals surface area contributed by atoms with Gasteiger partial charge in [0.15, 0.2) is 0 Å². The molecule has 1 unspecified atom stereocenters. The molecule has 0 aliphatic carbocycles. The minimum absolute atomic E-state index is 0.0195. The van der Waals surface area contributed by atoms with E-state index in [0.29, 0.717) is 24.7 Å². The molecule has 0 radical (unpaired) electrons. The van der Waals surface area contributed by atoms with Crippen LogP contribution in [0.15, 0.2) is 0 Å². The second-order valence-corrected chi connectivity index (χ2v) is 5.44. The first kappa shape index (κ1) is 13.4. The molecule has 1 fully saturated rings. The molecule has 8 heteroatoms. The third kappa shape index (κ3) is 2.69. The summed E-state index contributed by atoms with van der Waals surface area (Å²) in [4.78, 5) is 24.8. The van der Waals surface area contributed by atoms with Gasteiger partial charge in [0.05, 0.1) is 6.61 Å². The van der Waals surface area contributed by atoms with Crippen LogP contribution in [0.2, 0.25) is 0 Å². The van der Waals surface area contributed by atoms with Crippen LogP contribution in [0.5, 0.6) is 0 Å². The molecule has 0 saturated carbocycles. The molecule has 0 bridgehead atoms. The Morgan fingerprint density at radius 1 is 1.61 bits per heavy atom. The van der Waals surface area contributed by atoms with E-state index >= 15 is 0 Å². The number of ether oxygens (including phenoxy) is 1. The van der Waals surface area contributed by atoms with Crippen molar-refractivity contribution in [1.29, 1.82) is 0 Å². The highest BCUT2D eigenvalue weighted by molar-refractivity contribution is 9.09. The number of carbonyl (C=O) groups is 2. The zero-order valence-electron chi connectivity index (χ0n) is 9.76. The molecule has 2 heterocycles. The Labute approximate surface area is 116 Å². The zero-order valence-corrected chi connectivity index (χ0v) is 12.2. The summed E-state index contributed by atoms with van der Waals surface area (Å²) in [6.45, 7) is 2.63. The first-order chi connectivity index (χ1) is 8.65. The van der Waals surface area contributed by atoms with Crippen LogP contribution in [0.25, 0.3) is 0 Å². The molecule has 0 N–H and O–H groups in total. The van der Waals surface area contributed by atoms with Gasteiger partial charge in [0.25, 0.3) is 0 Å². The normalized spacial score (nSPS) is 19.3. The third-order valence-electron chi connectivity index (χ3n) is 2.52. The number of anilines is 1. The Morgan fingerprint density at radius 2 is 2.39 bits per heavy atom. The van der Waals surface area contributed by atoms with Crippen molar-refractivity contribution in [2.75, 3.05) is 23.4 Å². The molecule has 2 rings (SSSR count). The van der Waals surface area contributed by atoms with E-state index in [-0.39, 0.29) is 16.8 Å². The minimum atomic E-state index is -0.495. The van der Waals surface area contributed by atoms with Gasteiger partial charge >= 0.3 is 5.97 Å². The number of halogens is 1. The number of hydrogen-bond donors (Lipinski definition) is 0. The topological polar surface area (TPSA) is 72.4 Å². The number of rotatable bonds is 4. The van der Waals surface area contributed by atoms with E-state index in [2.05, 4.69) is 26.1 Å². The fourth-order valence-electron chi connectivity index (χ4n) is 1.67. The molecule has 1 atom stereocenters. The smallest absolute Gasteiger partial charge is 0.369 e. The predicted molar refractivity (Wildman–Crippen MR) is 70.1 cm³/mol. The summed E-state index contributed by atoms with van der Waals surface area (Å²) in [7, 11) is 0. The van der Waals surface area contributed by atoms with E-state index in [0.717, 1.165) is 16.7 Å². The lowest BCUT2D eigenvalue weighted by Gasteiger charge is -2.10. The Hall–Kier alpha value is -1.02. The monoisotopic (exact) mass is 333 g/mol. The lowest BCUT2D eigenvalue weighted by atomic mass is 10.2. The van der Waals surface area contributed by atoms with Crippen LogP contribution in [-0.4, -0.2) is 40.6 Å². The Kier molecular flexibility index (Phi) is 4.28. The average Bonchev–Trinajstić information content (AvgIpc) is 2.95. The van der Waals surface area contributed by atoms with Gasteiger partial charge in [-0.25, -0.2) is 4.79 Å². The summed E-state index contributed by atoms with van der Waals surface area (Å²) in [5.41, 5.74) is 0. The van der Waals surface area contributed by atoms with E-state index < -0.39 is 5.97 Å². The number of alkyl halides is 1. The number of aromatic nitrogens is 2. The van der Waals surface area contributed by atoms with E-state index in [1.165, 1.54) is 0 Å². The predicted octanol–water partition coefficient (Wildman–Crippen LogP) is 1.46. The summed E-state index contributed by atoms with van der Waals surface area (Å²) >= 11 is 4.45. The van der Waals surface area contributed by atoms with Gasteiger partial charge in [-0.3, -0.25) is 9.69 Å². The average molecular weight is 334 g/mol. The van der Waals surface area contributed by atoms with Crippen molar-refractivity contribution in [1.82, 2.24) is 10.2 Å². The largest absolute Gasteiger partial charge is 0.461 e.